The fourth-order valence-corrected chi connectivity index (χ4v) is 6.02. The number of nitrogens with zero attached hydrogens (tertiary/aromatic N) is 2. The number of halogens is 2. The van der Waals surface area contributed by atoms with Gasteiger partial charge in [-0.1, -0.05) is 51.4 Å². The third kappa shape index (κ3) is 5.35. The third-order valence-electron chi connectivity index (χ3n) is 7.45. The number of anilines is 1. The highest BCUT2D eigenvalue weighted by Crippen LogP contribution is 2.43. The van der Waals surface area contributed by atoms with Gasteiger partial charge in [0.2, 0.25) is 5.91 Å². The second-order valence-electron chi connectivity index (χ2n) is 10.7. The number of piperidine rings is 1. The van der Waals surface area contributed by atoms with Gasteiger partial charge in [-0.05, 0) is 60.6 Å². The molecule has 2 heterocycles. The van der Waals surface area contributed by atoms with E-state index >= 15 is 0 Å². The van der Waals surface area contributed by atoms with Crippen LogP contribution in [0.1, 0.15) is 52.5 Å². The first-order valence-electron chi connectivity index (χ1n) is 12.1. The second kappa shape index (κ2) is 9.87. The molecule has 1 fully saturated rings. The number of nitrogens with one attached hydrogen (secondary N) is 2. The fraction of sp³-hybridized carbons (Fsp3) is 0.615. The van der Waals surface area contributed by atoms with Crippen LogP contribution in [0.5, 0.6) is 0 Å². The molecule has 0 radical (unpaired) electrons. The molecule has 1 saturated heterocycles. The standard InChI is InChI=1S/C26H36Cl2N4O/c1-16(2)23(31-24-20-13-19(28)9-10-22(20)29-15-30-24)25(33)32-12-11-21(26(3,4)14-32)17-5-7-18(27)8-6-17/h5,7,9-10,13,16-18,21,23,29H,6,8,11-12,14-15H2,1-4H3,(H,30,31)/t17?,18?,21?,23-/m1/s1. The molecule has 0 spiro atoms. The molecule has 5 nitrogen and oxygen atoms in total. The van der Waals surface area contributed by atoms with Crippen molar-refractivity contribution in [2.75, 3.05) is 25.1 Å². The summed E-state index contributed by atoms with van der Waals surface area (Å²) in [5, 5.41) is 7.57. The maximum Gasteiger partial charge on any atom is 0.245 e. The van der Waals surface area contributed by atoms with Crippen LogP contribution in [0, 0.1) is 23.2 Å². The van der Waals surface area contributed by atoms with Crippen LogP contribution in [-0.4, -0.2) is 47.8 Å². The van der Waals surface area contributed by atoms with E-state index in [0.29, 0.717) is 23.5 Å². The van der Waals surface area contributed by atoms with Crippen LogP contribution in [0.2, 0.25) is 5.02 Å². The van der Waals surface area contributed by atoms with Gasteiger partial charge >= 0.3 is 0 Å². The van der Waals surface area contributed by atoms with Crippen molar-refractivity contribution in [3.63, 3.8) is 0 Å². The quantitative estimate of drug-likeness (QED) is 0.430. The molecule has 4 rings (SSSR count). The van der Waals surface area contributed by atoms with E-state index < -0.39 is 0 Å². The topological polar surface area (TPSA) is 56.7 Å². The number of hydrogen-bond donors (Lipinski definition) is 2. The van der Waals surface area contributed by atoms with Crippen LogP contribution in [0.4, 0.5) is 5.69 Å². The Hall–Kier alpha value is -1.72. The van der Waals surface area contributed by atoms with Crippen molar-refractivity contribution in [1.29, 1.82) is 0 Å². The van der Waals surface area contributed by atoms with E-state index in [9.17, 15) is 4.79 Å². The normalized spacial score (nSPS) is 27.4. The zero-order valence-corrected chi connectivity index (χ0v) is 21.6. The van der Waals surface area contributed by atoms with E-state index in [1.165, 1.54) is 0 Å². The molecule has 0 saturated carbocycles. The molecule has 1 aromatic rings. The van der Waals surface area contributed by atoms with Gasteiger partial charge in [0.25, 0.3) is 0 Å². The number of benzene rings is 1. The van der Waals surface area contributed by atoms with Crippen molar-refractivity contribution in [3.05, 3.63) is 40.9 Å². The van der Waals surface area contributed by atoms with Crippen LogP contribution < -0.4 is 10.6 Å². The van der Waals surface area contributed by atoms with Gasteiger partial charge in [0, 0.05) is 29.4 Å². The van der Waals surface area contributed by atoms with Gasteiger partial charge in [-0.15, -0.1) is 11.6 Å². The van der Waals surface area contributed by atoms with E-state index in [0.717, 1.165) is 49.4 Å². The SMILES string of the molecule is CC(C)[C@@H](NC1=NCNc2ccc(Cl)cc21)C(=O)N1CCC(C2C=CC(Cl)CC2)C(C)(C)C1. The summed E-state index contributed by atoms with van der Waals surface area (Å²) in [5.41, 5.74) is 1.94. The summed E-state index contributed by atoms with van der Waals surface area (Å²) < 4.78 is 0. The molecule has 0 bridgehead atoms. The van der Waals surface area contributed by atoms with E-state index in [2.05, 4.69) is 60.4 Å². The summed E-state index contributed by atoms with van der Waals surface area (Å²) in [6.07, 6.45) is 7.68. The number of hydrogen-bond acceptors (Lipinski definition) is 4. The Kier molecular flexibility index (Phi) is 7.30. The van der Waals surface area contributed by atoms with E-state index in [4.69, 9.17) is 23.2 Å². The fourth-order valence-electron chi connectivity index (χ4n) is 5.63. The van der Waals surface area contributed by atoms with Gasteiger partial charge in [-0.3, -0.25) is 4.79 Å². The molecule has 33 heavy (non-hydrogen) atoms. The number of alkyl halides is 1. The lowest BCUT2D eigenvalue weighted by Crippen LogP contribution is -2.57. The van der Waals surface area contributed by atoms with Crippen molar-refractivity contribution >= 4 is 40.6 Å². The third-order valence-corrected chi connectivity index (χ3v) is 8.05. The van der Waals surface area contributed by atoms with Crippen molar-refractivity contribution in [3.8, 4) is 0 Å². The summed E-state index contributed by atoms with van der Waals surface area (Å²) in [7, 11) is 0. The maximum absolute atomic E-state index is 13.7. The average Bonchev–Trinajstić information content (AvgIpc) is 2.77. The van der Waals surface area contributed by atoms with Gasteiger partial charge in [-0.2, -0.15) is 0 Å². The Morgan fingerprint density at radius 3 is 2.70 bits per heavy atom. The summed E-state index contributed by atoms with van der Waals surface area (Å²) in [4.78, 5) is 20.4. The Morgan fingerprint density at radius 2 is 2.03 bits per heavy atom. The number of rotatable bonds is 4. The number of allylic oxidation sites excluding steroid dienone is 2. The maximum atomic E-state index is 13.7. The Labute approximate surface area is 208 Å². The van der Waals surface area contributed by atoms with Crippen LogP contribution in [0.3, 0.4) is 0 Å². The summed E-state index contributed by atoms with van der Waals surface area (Å²) in [6.45, 7) is 10.8. The molecule has 1 amide bonds. The van der Waals surface area contributed by atoms with E-state index in [-0.39, 0.29) is 28.7 Å². The van der Waals surface area contributed by atoms with Gasteiger partial charge in [0.15, 0.2) is 0 Å². The molecule has 2 aliphatic heterocycles. The van der Waals surface area contributed by atoms with Crippen molar-refractivity contribution in [2.45, 2.75) is 58.4 Å². The average molecular weight is 492 g/mol. The molecule has 180 valence electrons. The molecular weight excluding hydrogens is 455 g/mol. The lowest BCUT2D eigenvalue weighted by atomic mass is 9.65. The number of amidine groups is 1. The largest absolute Gasteiger partial charge is 0.366 e. The van der Waals surface area contributed by atoms with Gasteiger partial charge in [0.1, 0.15) is 18.5 Å². The number of carbonyl (C=O) groups excluding carboxylic acids is 1. The number of fused-ring (bicyclic) bond motifs is 1. The predicted molar refractivity (Wildman–Crippen MR) is 138 cm³/mol. The number of carbonyl (C=O) groups is 1. The lowest BCUT2D eigenvalue weighted by molar-refractivity contribution is -0.139. The predicted octanol–water partition coefficient (Wildman–Crippen LogP) is 5.53. The Bertz CT molecular complexity index is 942. The van der Waals surface area contributed by atoms with E-state index in [1.54, 1.807) is 0 Å². The zero-order valence-electron chi connectivity index (χ0n) is 20.1. The lowest BCUT2D eigenvalue weighted by Gasteiger charge is -2.48. The molecule has 1 aromatic carbocycles. The molecule has 7 heteroatoms. The van der Waals surface area contributed by atoms with Crippen LogP contribution >= 0.6 is 23.2 Å². The Balaban J connectivity index is 1.48. The smallest absolute Gasteiger partial charge is 0.245 e. The zero-order chi connectivity index (χ0) is 23.8. The van der Waals surface area contributed by atoms with E-state index in [1.807, 2.05) is 18.2 Å². The number of aliphatic imine (C=N–C) groups is 1. The first kappa shape index (κ1) is 24.4. The highest BCUT2D eigenvalue weighted by atomic mass is 35.5. The molecule has 3 aliphatic rings. The number of likely N-dealkylation sites (tertiary alicyclic amines) is 1. The minimum absolute atomic E-state index is 0.0516. The minimum Gasteiger partial charge on any atom is -0.366 e. The van der Waals surface area contributed by atoms with Crippen molar-refractivity contribution in [2.24, 2.45) is 28.2 Å². The second-order valence-corrected chi connectivity index (χ2v) is 11.7. The van der Waals surface area contributed by atoms with Gasteiger partial charge in [0.05, 0.1) is 5.38 Å². The molecule has 0 aromatic heterocycles. The van der Waals surface area contributed by atoms with Crippen molar-refractivity contribution in [1.82, 2.24) is 10.2 Å². The van der Waals surface area contributed by atoms with Crippen LogP contribution in [0.25, 0.3) is 0 Å². The van der Waals surface area contributed by atoms with Crippen LogP contribution in [-0.2, 0) is 4.79 Å². The molecule has 1 aliphatic carbocycles. The first-order chi connectivity index (χ1) is 15.7. The first-order valence-corrected chi connectivity index (χ1v) is 12.9. The van der Waals surface area contributed by atoms with Crippen molar-refractivity contribution < 1.29 is 4.79 Å². The van der Waals surface area contributed by atoms with Crippen LogP contribution in [0.15, 0.2) is 35.3 Å². The summed E-state index contributed by atoms with van der Waals surface area (Å²) in [5.74, 6) is 2.13. The highest BCUT2D eigenvalue weighted by molar-refractivity contribution is 6.31. The molecular formula is C26H36Cl2N4O. The molecule has 4 atom stereocenters. The van der Waals surface area contributed by atoms with Gasteiger partial charge < -0.3 is 15.5 Å². The Morgan fingerprint density at radius 1 is 1.24 bits per heavy atom. The highest BCUT2D eigenvalue weighted by Gasteiger charge is 2.42. The summed E-state index contributed by atoms with van der Waals surface area (Å²) >= 11 is 12.5. The summed E-state index contributed by atoms with van der Waals surface area (Å²) in [6, 6.07) is 5.38. The monoisotopic (exact) mass is 490 g/mol. The van der Waals surface area contributed by atoms with Gasteiger partial charge in [-0.25, -0.2) is 4.99 Å². The molecule has 2 N–H and O–H groups in total. The molecule has 3 unspecified atom stereocenters. The number of amides is 1. The minimum atomic E-state index is -0.340.